The lowest BCUT2D eigenvalue weighted by atomic mass is 10.2. The molecule has 0 radical (unpaired) electrons. The summed E-state index contributed by atoms with van der Waals surface area (Å²) in [6.45, 7) is 4.40. The SMILES string of the molecule is O[C@H](CSc1c(Cl)cccc1Cl)C[NH+]1CCN(c2ccc(F)cc2)CC1. The number of anilines is 1. The fourth-order valence-corrected chi connectivity index (χ4v) is 4.74. The van der Waals surface area contributed by atoms with Crippen LogP contribution in [0.15, 0.2) is 47.4 Å². The van der Waals surface area contributed by atoms with Crippen molar-refractivity contribution in [1.29, 1.82) is 0 Å². The molecule has 7 heteroatoms. The summed E-state index contributed by atoms with van der Waals surface area (Å²) in [7, 11) is 0. The van der Waals surface area contributed by atoms with Crippen LogP contribution >= 0.6 is 35.0 Å². The van der Waals surface area contributed by atoms with Crippen LogP contribution in [0.1, 0.15) is 0 Å². The van der Waals surface area contributed by atoms with Gasteiger partial charge in [-0.2, -0.15) is 0 Å². The highest BCUT2D eigenvalue weighted by Gasteiger charge is 2.23. The van der Waals surface area contributed by atoms with E-state index in [0.717, 1.165) is 36.8 Å². The molecule has 2 N–H and O–H groups in total. The van der Waals surface area contributed by atoms with E-state index in [9.17, 15) is 9.50 Å². The Morgan fingerprint density at radius 3 is 2.31 bits per heavy atom. The molecule has 0 spiro atoms. The predicted molar refractivity (Wildman–Crippen MR) is 107 cm³/mol. The zero-order valence-electron chi connectivity index (χ0n) is 14.3. The third kappa shape index (κ3) is 5.27. The van der Waals surface area contributed by atoms with Crippen molar-refractivity contribution in [3.8, 4) is 0 Å². The number of hydrogen-bond acceptors (Lipinski definition) is 3. The summed E-state index contributed by atoms with van der Waals surface area (Å²) in [5.41, 5.74) is 1.05. The second-order valence-electron chi connectivity index (χ2n) is 6.43. The Morgan fingerprint density at radius 2 is 1.69 bits per heavy atom. The molecule has 3 rings (SSSR count). The van der Waals surface area contributed by atoms with E-state index in [1.807, 2.05) is 30.3 Å². The third-order valence-electron chi connectivity index (χ3n) is 4.53. The Kier molecular flexibility index (Phi) is 7.06. The Morgan fingerprint density at radius 1 is 1.08 bits per heavy atom. The largest absolute Gasteiger partial charge is 0.386 e. The van der Waals surface area contributed by atoms with Gasteiger partial charge in [0, 0.05) is 16.3 Å². The highest BCUT2D eigenvalue weighted by Crippen LogP contribution is 2.34. The Labute approximate surface area is 167 Å². The Balaban J connectivity index is 1.44. The van der Waals surface area contributed by atoms with Gasteiger partial charge in [-0.05, 0) is 36.4 Å². The fourth-order valence-electron chi connectivity index (χ4n) is 3.13. The van der Waals surface area contributed by atoms with E-state index in [-0.39, 0.29) is 5.82 Å². The van der Waals surface area contributed by atoms with Crippen LogP contribution < -0.4 is 9.80 Å². The van der Waals surface area contributed by atoms with E-state index in [4.69, 9.17) is 23.2 Å². The van der Waals surface area contributed by atoms with Crippen molar-refractivity contribution in [3.63, 3.8) is 0 Å². The number of nitrogens with one attached hydrogen (secondary N) is 1. The fraction of sp³-hybridized carbons (Fsp3) is 0.368. The van der Waals surface area contributed by atoms with Gasteiger partial charge in [-0.1, -0.05) is 29.3 Å². The smallest absolute Gasteiger partial charge is 0.123 e. The van der Waals surface area contributed by atoms with Crippen molar-refractivity contribution in [2.24, 2.45) is 0 Å². The second kappa shape index (κ2) is 9.29. The molecule has 1 aliphatic rings. The average Bonchev–Trinajstić information content (AvgIpc) is 2.63. The number of hydrogen-bond donors (Lipinski definition) is 2. The number of piperazine rings is 1. The number of nitrogens with zero attached hydrogens (tertiary/aromatic N) is 1. The highest BCUT2D eigenvalue weighted by atomic mass is 35.5. The molecule has 0 amide bonds. The molecule has 0 saturated carbocycles. The van der Waals surface area contributed by atoms with Crippen molar-refractivity contribution in [2.45, 2.75) is 11.0 Å². The van der Waals surface area contributed by atoms with E-state index in [0.29, 0.717) is 22.3 Å². The predicted octanol–water partition coefficient (Wildman–Crippen LogP) is 2.99. The van der Waals surface area contributed by atoms with Crippen LogP contribution in [0.4, 0.5) is 10.1 Å². The third-order valence-corrected chi connectivity index (χ3v) is 6.66. The number of aliphatic hydroxyl groups excluding tert-OH is 1. The maximum absolute atomic E-state index is 13.0. The van der Waals surface area contributed by atoms with Gasteiger partial charge in [-0.25, -0.2) is 4.39 Å². The van der Waals surface area contributed by atoms with Crippen molar-refractivity contribution in [1.82, 2.24) is 0 Å². The summed E-state index contributed by atoms with van der Waals surface area (Å²) in [4.78, 5) is 4.46. The summed E-state index contributed by atoms with van der Waals surface area (Å²) in [5.74, 6) is 0.353. The lowest BCUT2D eigenvalue weighted by Crippen LogP contribution is -3.15. The zero-order chi connectivity index (χ0) is 18.5. The minimum absolute atomic E-state index is 0.211. The molecule has 26 heavy (non-hydrogen) atoms. The summed E-state index contributed by atoms with van der Waals surface area (Å²) in [6, 6.07) is 12.1. The van der Waals surface area contributed by atoms with Gasteiger partial charge >= 0.3 is 0 Å². The second-order valence-corrected chi connectivity index (χ2v) is 8.28. The normalized spacial score (nSPS) is 16.7. The zero-order valence-corrected chi connectivity index (χ0v) is 16.6. The summed E-state index contributed by atoms with van der Waals surface area (Å²) >= 11 is 13.8. The maximum Gasteiger partial charge on any atom is 0.123 e. The molecular weight excluding hydrogens is 394 g/mol. The van der Waals surface area contributed by atoms with Gasteiger partial charge in [0.2, 0.25) is 0 Å². The summed E-state index contributed by atoms with van der Waals surface area (Å²) in [6.07, 6.45) is -0.417. The van der Waals surface area contributed by atoms with Gasteiger partial charge in [0.15, 0.2) is 0 Å². The number of aliphatic hydroxyl groups is 1. The number of thioether (sulfide) groups is 1. The first-order valence-electron chi connectivity index (χ1n) is 8.62. The average molecular weight is 416 g/mol. The van der Waals surface area contributed by atoms with Gasteiger partial charge in [0.05, 0.1) is 36.2 Å². The monoisotopic (exact) mass is 415 g/mol. The quantitative estimate of drug-likeness (QED) is 0.710. The van der Waals surface area contributed by atoms with Crippen LogP contribution in [0, 0.1) is 5.82 Å². The molecule has 2 aromatic rings. The van der Waals surface area contributed by atoms with Crippen LogP contribution in [0.5, 0.6) is 0 Å². The standard InChI is InChI=1S/C19H21Cl2FN2OS/c20-17-2-1-3-18(21)19(17)26-13-16(25)12-23-8-10-24(11-9-23)15-6-4-14(22)5-7-15/h1-7,16,25H,8-13H2/p+1/t16-/m0/s1. The molecule has 0 bridgehead atoms. The molecule has 0 aromatic heterocycles. The lowest BCUT2D eigenvalue weighted by molar-refractivity contribution is -0.903. The number of rotatable bonds is 6. The topological polar surface area (TPSA) is 27.9 Å². The number of benzene rings is 2. The highest BCUT2D eigenvalue weighted by molar-refractivity contribution is 7.99. The first-order chi connectivity index (χ1) is 12.5. The van der Waals surface area contributed by atoms with Crippen molar-refractivity contribution < 1.29 is 14.4 Å². The number of halogens is 3. The molecular formula is C19H22Cl2FN2OS+. The van der Waals surface area contributed by atoms with Gasteiger partial charge in [0.25, 0.3) is 0 Å². The van der Waals surface area contributed by atoms with Crippen LogP contribution in [-0.4, -0.2) is 49.7 Å². The molecule has 1 atom stereocenters. The van der Waals surface area contributed by atoms with Gasteiger partial charge in [-0.3, -0.25) is 0 Å². The van der Waals surface area contributed by atoms with Crippen molar-refractivity contribution in [3.05, 3.63) is 58.3 Å². The molecule has 3 nitrogen and oxygen atoms in total. The van der Waals surface area contributed by atoms with Crippen LogP contribution in [0.3, 0.4) is 0 Å². The van der Waals surface area contributed by atoms with E-state index < -0.39 is 6.10 Å². The summed E-state index contributed by atoms with van der Waals surface area (Å²) in [5, 5.41) is 11.6. The van der Waals surface area contributed by atoms with E-state index >= 15 is 0 Å². The molecule has 1 saturated heterocycles. The van der Waals surface area contributed by atoms with Crippen LogP contribution in [-0.2, 0) is 0 Å². The minimum atomic E-state index is -0.417. The van der Waals surface area contributed by atoms with Crippen LogP contribution in [0.2, 0.25) is 10.0 Å². The van der Waals surface area contributed by atoms with Gasteiger partial charge in [-0.15, -0.1) is 11.8 Å². The summed E-state index contributed by atoms with van der Waals surface area (Å²) < 4.78 is 13.0. The molecule has 0 unspecified atom stereocenters. The maximum atomic E-state index is 13.0. The van der Waals surface area contributed by atoms with Crippen molar-refractivity contribution >= 4 is 40.7 Å². The molecule has 1 fully saturated rings. The van der Waals surface area contributed by atoms with E-state index in [1.54, 1.807) is 0 Å². The van der Waals surface area contributed by atoms with Crippen LogP contribution in [0.25, 0.3) is 0 Å². The number of quaternary nitrogens is 1. The Bertz CT molecular complexity index is 704. The lowest BCUT2D eigenvalue weighted by Gasteiger charge is -2.34. The first kappa shape index (κ1) is 19.8. The molecule has 1 aliphatic heterocycles. The van der Waals surface area contributed by atoms with E-state index in [2.05, 4.69) is 4.90 Å². The Hall–Kier alpha value is -0.980. The molecule has 2 aromatic carbocycles. The molecule has 1 heterocycles. The van der Waals surface area contributed by atoms with Crippen molar-refractivity contribution in [2.75, 3.05) is 43.4 Å². The molecule has 140 valence electrons. The minimum Gasteiger partial charge on any atom is -0.386 e. The molecule has 0 aliphatic carbocycles. The van der Waals surface area contributed by atoms with E-state index in [1.165, 1.54) is 28.8 Å². The van der Waals surface area contributed by atoms with Gasteiger partial charge in [0.1, 0.15) is 18.5 Å². The first-order valence-corrected chi connectivity index (χ1v) is 10.4. The van der Waals surface area contributed by atoms with Gasteiger partial charge < -0.3 is 14.9 Å².